The Bertz CT molecular complexity index is 898. The minimum Gasteiger partial charge on any atom is -0.494 e. The number of alkyl halides is 3. The summed E-state index contributed by atoms with van der Waals surface area (Å²) in [6.45, 7) is 2.16. The average Bonchev–Trinajstić information content (AvgIpc) is 2.78. The molecule has 1 aliphatic carbocycles. The highest BCUT2D eigenvalue weighted by Crippen LogP contribution is 2.34. The maximum Gasteiger partial charge on any atom is 0.471 e. The molecule has 9 heteroatoms. The van der Waals surface area contributed by atoms with Gasteiger partial charge in [-0.1, -0.05) is 19.3 Å². The van der Waals surface area contributed by atoms with Gasteiger partial charge in [0.25, 0.3) is 0 Å². The Kier molecular flexibility index (Phi) is 7.71. The molecular formula is C23H26F3N3O3. The SMILES string of the molecule is CCOc1ccc(N(C(=O)C(F)(F)F)[C@H](C(=O)NC2CCCCC2)c2ccncc2)cc1. The summed E-state index contributed by atoms with van der Waals surface area (Å²) in [5.74, 6) is -2.33. The molecule has 0 radical (unpaired) electrons. The first-order valence-corrected chi connectivity index (χ1v) is 10.6. The van der Waals surface area contributed by atoms with Crippen LogP contribution in [0.5, 0.6) is 5.75 Å². The summed E-state index contributed by atoms with van der Waals surface area (Å²) in [4.78, 5) is 30.3. The highest BCUT2D eigenvalue weighted by molar-refractivity contribution is 6.03. The van der Waals surface area contributed by atoms with Crippen LogP contribution < -0.4 is 15.0 Å². The van der Waals surface area contributed by atoms with E-state index in [0.29, 0.717) is 17.3 Å². The van der Waals surface area contributed by atoms with E-state index >= 15 is 0 Å². The van der Waals surface area contributed by atoms with Crippen molar-refractivity contribution in [1.82, 2.24) is 10.3 Å². The first-order valence-electron chi connectivity index (χ1n) is 10.6. The molecule has 0 spiro atoms. The number of anilines is 1. The monoisotopic (exact) mass is 449 g/mol. The third-order valence-corrected chi connectivity index (χ3v) is 5.37. The molecule has 2 amide bonds. The number of nitrogens with one attached hydrogen (secondary N) is 1. The van der Waals surface area contributed by atoms with Gasteiger partial charge in [0.2, 0.25) is 5.91 Å². The minimum atomic E-state index is -5.17. The first kappa shape index (κ1) is 23.6. The van der Waals surface area contributed by atoms with Crippen molar-refractivity contribution < 1.29 is 27.5 Å². The van der Waals surface area contributed by atoms with Crippen molar-refractivity contribution in [3.8, 4) is 5.75 Å². The second-order valence-electron chi connectivity index (χ2n) is 7.63. The minimum absolute atomic E-state index is 0.0589. The smallest absolute Gasteiger partial charge is 0.471 e. The Hall–Kier alpha value is -3.10. The van der Waals surface area contributed by atoms with Crippen molar-refractivity contribution >= 4 is 17.5 Å². The van der Waals surface area contributed by atoms with Gasteiger partial charge in [0.15, 0.2) is 0 Å². The highest BCUT2D eigenvalue weighted by Gasteiger charge is 2.47. The van der Waals surface area contributed by atoms with E-state index in [1.807, 2.05) is 0 Å². The number of benzene rings is 1. The number of hydrogen-bond acceptors (Lipinski definition) is 4. The number of carbonyl (C=O) groups is 2. The number of amides is 2. The van der Waals surface area contributed by atoms with Crippen molar-refractivity contribution in [3.63, 3.8) is 0 Å². The van der Waals surface area contributed by atoms with E-state index in [4.69, 9.17) is 4.74 Å². The third kappa shape index (κ3) is 5.77. The standard InChI is InChI=1S/C23H26F3N3O3/c1-2-32-19-10-8-18(9-11-19)29(22(31)23(24,25)26)20(16-12-14-27-15-13-16)21(30)28-17-6-4-3-5-7-17/h8-15,17,20H,2-7H2,1H3,(H,28,30)/t20-/m0/s1. The number of aromatic nitrogens is 1. The lowest BCUT2D eigenvalue weighted by atomic mass is 9.94. The second kappa shape index (κ2) is 10.5. The topological polar surface area (TPSA) is 71.5 Å². The number of halogens is 3. The summed E-state index contributed by atoms with van der Waals surface area (Å²) in [7, 11) is 0. The Balaban J connectivity index is 2.03. The highest BCUT2D eigenvalue weighted by atomic mass is 19.4. The predicted octanol–water partition coefficient (Wildman–Crippen LogP) is 4.57. The van der Waals surface area contributed by atoms with E-state index in [1.165, 1.54) is 48.8 Å². The van der Waals surface area contributed by atoms with Crippen LogP contribution in [0.25, 0.3) is 0 Å². The summed E-state index contributed by atoms with van der Waals surface area (Å²) in [6, 6.07) is 6.87. The summed E-state index contributed by atoms with van der Waals surface area (Å²) in [5, 5.41) is 2.86. The largest absolute Gasteiger partial charge is 0.494 e. The molecule has 172 valence electrons. The summed E-state index contributed by atoms with van der Waals surface area (Å²) in [6.07, 6.45) is 2.04. The molecule has 2 aromatic rings. The molecule has 6 nitrogen and oxygen atoms in total. The van der Waals surface area contributed by atoms with Crippen LogP contribution in [0.2, 0.25) is 0 Å². The summed E-state index contributed by atoms with van der Waals surface area (Å²) < 4.78 is 46.2. The second-order valence-corrected chi connectivity index (χ2v) is 7.63. The van der Waals surface area contributed by atoms with Gasteiger partial charge in [0, 0.05) is 24.1 Å². The molecule has 0 unspecified atom stereocenters. The number of hydrogen-bond donors (Lipinski definition) is 1. The number of rotatable bonds is 7. The number of pyridine rings is 1. The molecule has 32 heavy (non-hydrogen) atoms. The molecule has 1 saturated carbocycles. The van der Waals surface area contributed by atoms with E-state index < -0.39 is 24.0 Å². The van der Waals surface area contributed by atoms with E-state index in [9.17, 15) is 22.8 Å². The zero-order chi connectivity index (χ0) is 23.1. The average molecular weight is 449 g/mol. The predicted molar refractivity (Wildman–Crippen MR) is 113 cm³/mol. The van der Waals surface area contributed by atoms with Crippen molar-refractivity contribution in [2.75, 3.05) is 11.5 Å². The van der Waals surface area contributed by atoms with Gasteiger partial charge >= 0.3 is 12.1 Å². The molecule has 1 atom stereocenters. The Labute approximate surface area is 184 Å². The van der Waals surface area contributed by atoms with Crippen LogP contribution in [0.3, 0.4) is 0 Å². The molecule has 1 aliphatic rings. The van der Waals surface area contributed by atoms with E-state index in [-0.39, 0.29) is 17.3 Å². The lowest BCUT2D eigenvalue weighted by molar-refractivity contribution is -0.171. The molecule has 0 saturated heterocycles. The molecular weight excluding hydrogens is 423 g/mol. The molecule has 1 N–H and O–H groups in total. The van der Waals surface area contributed by atoms with Crippen molar-refractivity contribution in [1.29, 1.82) is 0 Å². The Morgan fingerprint density at radius 3 is 2.28 bits per heavy atom. The van der Waals surface area contributed by atoms with E-state index in [1.54, 1.807) is 6.92 Å². The van der Waals surface area contributed by atoms with Gasteiger partial charge in [0.1, 0.15) is 11.8 Å². The quantitative estimate of drug-likeness (QED) is 0.673. The van der Waals surface area contributed by atoms with Crippen LogP contribution in [0, 0.1) is 0 Å². The summed E-state index contributed by atoms with van der Waals surface area (Å²) in [5.41, 5.74) is 0.177. The zero-order valence-corrected chi connectivity index (χ0v) is 17.8. The Morgan fingerprint density at radius 1 is 1.09 bits per heavy atom. The van der Waals surface area contributed by atoms with Crippen LogP contribution >= 0.6 is 0 Å². The fraction of sp³-hybridized carbons (Fsp3) is 0.435. The maximum absolute atomic E-state index is 13.6. The lowest BCUT2D eigenvalue weighted by Gasteiger charge is -2.33. The van der Waals surface area contributed by atoms with E-state index in [0.717, 1.165) is 32.1 Å². The van der Waals surface area contributed by atoms with Gasteiger partial charge in [0.05, 0.1) is 6.61 Å². The van der Waals surface area contributed by atoms with Gasteiger partial charge in [-0.15, -0.1) is 0 Å². The fourth-order valence-electron chi connectivity index (χ4n) is 3.88. The fourth-order valence-corrected chi connectivity index (χ4v) is 3.88. The Morgan fingerprint density at radius 2 is 1.72 bits per heavy atom. The molecule has 0 aliphatic heterocycles. The lowest BCUT2D eigenvalue weighted by Crippen LogP contribution is -2.50. The van der Waals surface area contributed by atoms with Crippen LogP contribution in [0.1, 0.15) is 50.6 Å². The molecule has 1 fully saturated rings. The van der Waals surface area contributed by atoms with Gasteiger partial charge in [-0.05, 0) is 61.7 Å². The number of nitrogens with zero attached hydrogens (tertiary/aromatic N) is 2. The zero-order valence-electron chi connectivity index (χ0n) is 17.8. The molecule has 3 rings (SSSR count). The van der Waals surface area contributed by atoms with Crippen LogP contribution in [-0.4, -0.2) is 35.6 Å². The van der Waals surface area contributed by atoms with E-state index in [2.05, 4.69) is 10.3 Å². The van der Waals surface area contributed by atoms with Gasteiger partial charge in [-0.25, -0.2) is 0 Å². The van der Waals surface area contributed by atoms with Gasteiger partial charge in [-0.2, -0.15) is 13.2 Å². The molecule has 1 aromatic carbocycles. The maximum atomic E-state index is 13.6. The van der Waals surface area contributed by atoms with Crippen molar-refractivity contribution in [3.05, 3.63) is 54.4 Å². The first-order chi connectivity index (χ1) is 15.3. The normalized spacial score (nSPS) is 15.6. The molecule has 1 heterocycles. The van der Waals surface area contributed by atoms with Gasteiger partial charge in [-0.3, -0.25) is 19.5 Å². The summed E-state index contributed by atoms with van der Waals surface area (Å²) >= 11 is 0. The van der Waals surface area contributed by atoms with Crippen LogP contribution in [0.15, 0.2) is 48.8 Å². The number of ether oxygens (including phenoxy) is 1. The van der Waals surface area contributed by atoms with Crippen LogP contribution in [0.4, 0.5) is 18.9 Å². The van der Waals surface area contributed by atoms with Gasteiger partial charge < -0.3 is 10.1 Å². The third-order valence-electron chi connectivity index (χ3n) is 5.37. The number of carbonyl (C=O) groups excluding carboxylic acids is 2. The molecule has 0 bridgehead atoms. The van der Waals surface area contributed by atoms with Crippen molar-refractivity contribution in [2.45, 2.75) is 57.3 Å². The molecule has 1 aromatic heterocycles. The van der Waals surface area contributed by atoms with Crippen molar-refractivity contribution in [2.24, 2.45) is 0 Å². The van der Waals surface area contributed by atoms with Crippen LogP contribution in [-0.2, 0) is 9.59 Å².